The van der Waals surface area contributed by atoms with Crippen molar-refractivity contribution in [2.75, 3.05) is 0 Å². The second kappa shape index (κ2) is 14.5. The minimum absolute atomic E-state index is 0.177. The summed E-state index contributed by atoms with van der Waals surface area (Å²) in [5.74, 6) is -0.144. The van der Waals surface area contributed by atoms with Gasteiger partial charge in [-0.25, -0.2) is 4.79 Å². The zero-order chi connectivity index (χ0) is 20.7. The van der Waals surface area contributed by atoms with E-state index in [9.17, 15) is 4.79 Å². The molecule has 3 heteroatoms. The molecular weight excluding hydrogens is 348 g/mol. The lowest BCUT2D eigenvalue weighted by Crippen LogP contribution is -2.31. The summed E-state index contributed by atoms with van der Waals surface area (Å²) in [5.41, 5.74) is 0.120. The first-order chi connectivity index (χ1) is 13.5. The van der Waals surface area contributed by atoms with Crippen LogP contribution in [0.2, 0.25) is 0 Å². The van der Waals surface area contributed by atoms with Crippen LogP contribution in [0.3, 0.4) is 0 Å². The fraction of sp³-hybridized carbons (Fsp3) is 0.720. The van der Waals surface area contributed by atoms with Gasteiger partial charge in [0.2, 0.25) is 0 Å². The number of carboxylic acids is 1. The summed E-state index contributed by atoms with van der Waals surface area (Å²) in [7, 11) is 0. The lowest BCUT2D eigenvalue weighted by molar-refractivity contribution is 0.0694. The Morgan fingerprint density at radius 2 is 1.29 bits per heavy atom. The Kier molecular flexibility index (Phi) is 12.7. The molecule has 0 bridgehead atoms. The van der Waals surface area contributed by atoms with Crippen molar-refractivity contribution in [3.8, 4) is 5.75 Å². The van der Waals surface area contributed by atoms with Gasteiger partial charge in [-0.15, -0.1) is 0 Å². The molecule has 0 saturated heterocycles. The Morgan fingerprint density at radius 3 is 1.71 bits per heavy atom. The molecule has 0 aliphatic carbocycles. The van der Waals surface area contributed by atoms with Gasteiger partial charge in [-0.2, -0.15) is 0 Å². The van der Waals surface area contributed by atoms with Crippen LogP contribution in [0, 0.1) is 0 Å². The molecule has 160 valence electrons. The molecule has 1 unspecified atom stereocenters. The molecular formula is C25H42O3. The van der Waals surface area contributed by atoms with Crippen LogP contribution in [0.1, 0.15) is 121 Å². The van der Waals surface area contributed by atoms with Gasteiger partial charge in [0.25, 0.3) is 0 Å². The standard InChI is InChI=1S/C25H42O3/c1-4-6-7-8-9-10-11-12-13-14-15-16-21-25(3,5-2)28-23-19-17-22(18-20-23)24(26)27/h17-20H,4-16,21H2,1-3H3,(H,26,27). The average Bonchev–Trinajstić information content (AvgIpc) is 2.69. The summed E-state index contributed by atoms with van der Waals surface area (Å²) in [4.78, 5) is 11.0. The molecule has 0 aromatic heterocycles. The predicted octanol–water partition coefficient (Wildman–Crippen LogP) is 8.02. The molecule has 1 atom stereocenters. The minimum Gasteiger partial charge on any atom is -0.488 e. The smallest absolute Gasteiger partial charge is 0.335 e. The molecule has 0 amide bonds. The van der Waals surface area contributed by atoms with E-state index in [0.717, 1.165) is 18.6 Å². The van der Waals surface area contributed by atoms with Gasteiger partial charge in [0.05, 0.1) is 5.56 Å². The number of carbonyl (C=O) groups is 1. The van der Waals surface area contributed by atoms with Gasteiger partial charge in [0.15, 0.2) is 0 Å². The van der Waals surface area contributed by atoms with E-state index in [1.165, 1.54) is 77.0 Å². The summed E-state index contributed by atoms with van der Waals surface area (Å²) in [6.07, 6.45) is 18.3. The fourth-order valence-electron chi connectivity index (χ4n) is 3.59. The van der Waals surface area contributed by atoms with Crippen molar-refractivity contribution < 1.29 is 14.6 Å². The van der Waals surface area contributed by atoms with Crippen molar-refractivity contribution in [3.05, 3.63) is 29.8 Å². The van der Waals surface area contributed by atoms with Crippen LogP contribution in [-0.2, 0) is 0 Å². The first-order valence-corrected chi connectivity index (χ1v) is 11.5. The quantitative estimate of drug-likeness (QED) is 0.274. The van der Waals surface area contributed by atoms with E-state index in [0.29, 0.717) is 5.56 Å². The molecule has 1 N–H and O–H groups in total. The number of aromatic carboxylic acids is 1. The van der Waals surface area contributed by atoms with E-state index in [1.807, 2.05) is 0 Å². The van der Waals surface area contributed by atoms with Crippen LogP contribution in [0.15, 0.2) is 24.3 Å². The number of rotatable bonds is 17. The Hall–Kier alpha value is -1.51. The third kappa shape index (κ3) is 10.7. The zero-order valence-electron chi connectivity index (χ0n) is 18.5. The van der Waals surface area contributed by atoms with Crippen molar-refractivity contribution in [2.24, 2.45) is 0 Å². The number of hydrogen-bond donors (Lipinski definition) is 1. The topological polar surface area (TPSA) is 46.5 Å². The molecule has 1 aromatic rings. The molecule has 0 fully saturated rings. The highest BCUT2D eigenvalue weighted by Gasteiger charge is 2.23. The molecule has 1 rings (SSSR count). The highest BCUT2D eigenvalue weighted by atomic mass is 16.5. The number of ether oxygens (including phenoxy) is 1. The molecule has 0 saturated carbocycles. The van der Waals surface area contributed by atoms with Crippen molar-refractivity contribution in [1.82, 2.24) is 0 Å². The van der Waals surface area contributed by atoms with Crippen molar-refractivity contribution >= 4 is 5.97 Å². The van der Waals surface area contributed by atoms with E-state index in [4.69, 9.17) is 9.84 Å². The monoisotopic (exact) mass is 390 g/mol. The van der Waals surface area contributed by atoms with Crippen LogP contribution < -0.4 is 4.74 Å². The molecule has 0 heterocycles. The first kappa shape index (κ1) is 24.5. The van der Waals surface area contributed by atoms with Crippen molar-refractivity contribution in [2.45, 2.75) is 116 Å². The Labute approximate surface area is 172 Å². The van der Waals surface area contributed by atoms with E-state index < -0.39 is 5.97 Å². The van der Waals surface area contributed by atoms with Crippen molar-refractivity contribution in [1.29, 1.82) is 0 Å². The highest BCUT2D eigenvalue weighted by Crippen LogP contribution is 2.27. The number of hydrogen-bond acceptors (Lipinski definition) is 2. The van der Waals surface area contributed by atoms with E-state index in [2.05, 4.69) is 20.8 Å². The number of unbranched alkanes of at least 4 members (excludes halogenated alkanes) is 11. The first-order valence-electron chi connectivity index (χ1n) is 11.5. The summed E-state index contributed by atoms with van der Waals surface area (Å²) in [6, 6.07) is 6.74. The summed E-state index contributed by atoms with van der Waals surface area (Å²) in [6.45, 7) is 6.59. The molecule has 0 spiro atoms. The molecule has 0 radical (unpaired) electrons. The van der Waals surface area contributed by atoms with Gasteiger partial charge in [-0.3, -0.25) is 0 Å². The Bertz CT molecular complexity index is 523. The predicted molar refractivity (Wildman–Crippen MR) is 118 cm³/mol. The van der Waals surface area contributed by atoms with E-state index in [1.54, 1.807) is 24.3 Å². The highest BCUT2D eigenvalue weighted by molar-refractivity contribution is 5.87. The van der Waals surface area contributed by atoms with Gasteiger partial charge in [0, 0.05) is 0 Å². The van der Waals surface area contributed by atoms with Gasteiger partial charge >= 0.3 is 5.97 Å². The minimum atomic E-state index is -0.902. The largest absolute Gasteiger partial charge is 0.488 e. The third-order valence-corrected chi connectivity index (χ3v) is 5.77. The lowest BCUT2D eigenvalue weighted by Gasteiger charge is -2.30. The molecule has 3 nitrogen and oxygen atoms in total. The molecule has 1 aromatic carbocycles. The van der Waals surface area contributed by atoms with Gasteiger partial charge in [-0.05, 0) is 50.5 Å². The molecule has 0 aliphatic rings. The summed E-state index contributed by atoms with van der Waals surface area (Å²) < 4.78 is 6.19. The van der Waals surface area contributed by atoms with Gasteiger partial charge in [-0.1, -0.05) is 84.5 Å². The van der Waals surface area contributed by atoms with E-state index in [-0.39, 0.29) is 5.60 Å². The fourth-order valence-corrected chi connectivity index (χ4v) is 3.59. The number of benzene rings is 1. The Balaban J connectivity index is 2.13. The van der Waals surface area contributed by atoms with Crippen LogP contribution in [0.5, 0.6) is 5.75 Å². The van der Waals surface area contributed by atoms with Gasteiger partial charge in [0.1, 0.15) is 11.4 Å². The van der Waals surface area contributed by atoms with E-state index >= 15 is 0 Å². The van der Waals surface area contributed by atoms with Crippen molar-refractivity contribution in [3.63, 3.8) is 0 Å². The maximum atomic E-state index is 11.0. The van der Waals surface area contributed by atoms with Gasteiger partial charge < -0.3 is 9.84 Å². The van der Waals surface area contributed by atoms with Crippen LogP contribution in [0.25, 0.3) is 0 Å². The van der Waals surface area contributed by atoms with Crippen LogP contribution >= 0.6 is 0 Å². The normalized spacial score (nSPS) is 13.2. The zero-order valence-corrected chi connectivity index (χ0v) is 18.5. The summed E-state index contributed by atoms with van der Waals surface area (Å²) in [5, 5.41) is 8.99. The van der Waals surface area contributed by atoms with Crippen LogP contribution in [-0.4, -0.2) is 16.7 Å². The summed E-state index contributed by atoms with van der Waals surface area (Å²) >= 11 is 0. The maximum Gasteiger partial charge on any atom is 0.335 e. The number of carboxylic acid groups (broad SMARTS) is 1. The second-order valence-corrected chi connectivity index (χ2v) is 8.37. The Morgan fingerprint density at radius 1 is 0.821 bits per heavy atom. The third-order valence-electron chi connectivity index (χ3n) is 5.77. The van der Waals surface area contributed by atoms with Crippen LogP contribution in [0.4, 0.5) is 0 Å². The maximum absolute atomic E-state index is 11.0. The average molecular weight is 391 g/mol. The lowest BCUT2D eigenvalue weighted by atomic mass is 9.94. The SMILES string of the molecule is CCCCCCCCCCCCCCC(C)(CC)Oc1ccc(C(=O)O)cc1. The molecule has 0 aliphatic heterocycles. The second-order valence-electron chi connectivity index (χ2n) is 8.37. The molecule has 28 heavy (non-hydrogen) atoms.